The van der Waals surface area contributed by atoms with Crippen LogP contribution in [0.3, 0.4) is 0 Å². The van der Waals surface area contributed by atoms with Crippen LogP contribution in [0.25, 0.3) is 11.0 Å². The molecule has 5 aromatic rings. The molecule has 7 heteroatoms. The fraction of sp³-hybridized carbons (Fsp3) is 0.125. The molecule has 0 radical (unpaired) electrons. The topological polar surface area (TPSA) is 81.1 Å². The highest BCUT2D eigenvalue weighted by atomic mass is 32.2. The number of amides is 1. The van der Waals surface area contributed by atoms with Crippen LogP contribution in [0.4, 0.5) is 5.69 Å². The molecule has 1 aliphatic rings. The molecule has 39 heavy (non-hydrogen) atoms. The third kappa shape index (κ3) is 4.77. The first-order chi connectivity index (χ1) is 19.0. The van der Waals surface area contributed by atoms with E-state index in [9.17, 15) is 14.4 Å². The van der Waals surface area contributed by atoms with Crippen LogP contribution in [0, 0.1) is 0 Å². The number of nitrogens with one attached hydrogen (secondary N) is 1. The zero-order chi connectivity index (χ0) is 26.9. The van der Waals surface area contributed by atoms with Gasteiger partial charge in [0.15, 0.2) is 16.7 Å². The second-order valence-electron chi connectivity index (χ2n) is 9.48. The summed E-state index contributed by atoms with van der Waals surface area (Å²) in [7, 11) is 0. The summed E-state index contributed by atoms with van der Waals surface area (Å²) in [4.78, 5) is 44.0. The van der Waals surface area contributed by atoms with Gasteiger partial charge in [-0.2, -0.15) is 0 Å². The number of nitrogens with zero attached hydrogens (tertiary/aromatic N) is 2. The van der Waals surface area contributed by atoms with Gasteiger partial charge in [-0.15, -0.1) is 0 Å². The van der Waals surface area contributed by atoms with E-state index in [0.717, 1.165) is 29.2 Å². The molecule has 4 aromatic carbocycles. The van der Waals surface area contributed by atoms with E-state index in [-0.39, 0.29) is 17.5 Å². The van der Waals surface area contributed by atoms with Crippen molar-refractivity contribution in [1.82, 2.24) is 9.55 Å². The average Bonchev–Trinajstić information content (AvgIpc) is 3.32. The van der Waals surface area contributed by atoms with Crippen LogP contribution in [0.15, 0.2) is 102 Å². The normalized spacial score (nSPS) is 13.2. The number of hydrogen-bond donors (Lipinski definition) is 1. The van der Waals surface area contributed by atoms with E-state index in [0.29, 0.717) is 27.9 Å². The number of benzene rings is 4. The smallest absolute Gasteiger partial charge is 0.237 e. The Bertz CT molecular complexity index is 1740. The lowest BCUT2D eigenvalue weighted by molar-refractivity contribution is -0.115. The number of para-hydroxylation sites is 2. The van der Waals surface area contributed by atoms with Crippen LogP contribution in [-0.2, 0) is 17.8 Å². The van der Waals surface area contributed by atoms with Gasteiger partial charge in [-0.1, -0.05) is 78.5 Å². The predicted molar refractivity (Wildman–Crippen MR) is 154 cm³/mol. The van der Waals surface area contributed by atoms with Crippen LogP contribution < -0.4 is 5.32 Å². The molecule has 0 fully saturated rings. The van der Waals surface area contributed by atoms with Gasteiger partial charge < -0.3 is 9.88 Å². The van der Waals surface area contributed by atoms with Crippen LogP contribution in [0.5, 0.6) is 0 Å². The number of anilines is 1. The number of aromatic nitrogens is 2. The van der Waals surface area contributed by atoms with Crippen molar-refractivity contribution >= 4 is 46.0 Å². The van der Waals surface area contributed by atoms with Gasteiger partial charge in [-0.05, 0) is 49.2 Å². The molecule has 0 saturated carbocycles. The van der Waals surface area contributed by atoms with Crippen molar-refractivity contribution in [2.24, 2.45) is 0 Å². The summed E-state index contributed by atoms with van der Waals surface area (Å²) in [6.07, 6.45) is 0.848. The van der Waals surface area contributed by atoms with Crippen LogP contribution >= 0.6 is 11.8 Å². The molecule has 6 rings (SSSR count). The van der Waals surface area contributed by atoms with Crippen LogP contribution in [-0.4, -0.2) is 32.3 Å². The van der Waals surface area contributed by atoms with Crippen molar-refractivity contribution in [3.8, 4) is 0 Å². The Morgan fingerprint density at radius 2 is 1.46 bits per heavy atom. The maximum atomic E-state index is 13.2. The number of carbonyl (C=O) groups is 3. The quantitative estimate of drug-likeness (QED) is 0.249. The first-order valence-electron chi connectivity index (χ1n) is 12.8. The van der Waals surface area contributed by atoms with Crippen molar-refractivity contribution in [2.75, 3.05) is 5.32 Å². The molecule has 0 bridgehead atoms. The lowest BCUT2D eigenvalue weighted by Gasteiger charge is -2.19. The number of rotatable bonds is 7. The minimum absolute atomic E-state index is 0.184. The molecule has 1 amide bonds. The van der Waals surface area contributed by atoms with Crippen LogP contribution in [0.1, 0.15) is 44.3 Å². The molecule has 1 N–H and O–H groups in total. The SMILES string of the molecule is CC(Sc1nc2ccccc2n1CCc1ccccc1)C(=O)Nc1ccc2c(c1)C(=O)c1ccccc1C2=O. The highest BCUT2D eigenvalue weighted by molar-refractivity contribution is 8.00. The highest BCUT2D eigenvalue weighted by Crippen LogP contribution is 2.31. The first-order valence-corrected chi connectivity index (χ1v) is 13.7. The number of imidazole rings is 1. The molecule has 1 aliphatic carbocycles. The van der Waals surface area contributed by atoms with E-state index in [2.05, 4.69) is 22.0 Å². The maximum absolute atomic E-state index is 13.2. The monoisotopic (exact) mass is 531 g/mol. The Labute approximate surface area is 230 Å². The summed E-state index contributed by atoms with van der Waals surface area (Å²) in [6.45, 7) is 2.58. The Balaban J connectivity index is 1.21. The minimum Gasteiger partial charge on any atom is -0.325 e. The third-order valence-electron chi connectivity index (χ3n) is 6.93. The number of fused-ring (bicyclic) bond motifs is 3. The lowest BCUT2D eigenvalue weighted by atomic mass is 9.84. The van der Waals surface area contributed by atoms with Gasteiger partial charge in [0.05, 0.1) is 16.3 Å². The van der Waals surface area contributed by atoms with Gasteiger partial charge >= 0.3 is 0 Å². The van der Waals surface area contributed by atoms with Gasteiger partial charge in [0.2, 0.25) is 5.91 Å². The van der Waals surface area contributed by atoms with Crippen molar-refractivity contribution in [1.29, 1.82) is 0 Å². The van der Waals surface area contributed by atoms with E-state index < -0.39 is 5.25 Å². The molecule has 1 unspecified atom stereocenters. The lowest BCUT2D eigenvalue weighted by Crippen LogP contribution is -2.24. The molecule has 6 nitrogen and oxygen atoms in total. The zero-order valence-corrected chi connectivity index (χ0v) is 22.1. The molecular formula is C32H25N3O3S. The fourth-order valence-electron chi connectivity index (χ4n) is 4.88. The summed E-state index contributed by atoms with van der Waals surface area (Å²) in [6, 6.07) is 30.0. The van der Waals surface area contributed by atoms with Gasteiger partial charge in [-0.25, -0.2) is 4.98 Å². The highest BCUT2D eigenvalue weighted by Gasteiger charge is 2.29. The molecule has 0 spiro atoms. The van der Waals surface area contributed by atoms with Gasteiger partial charge in [-0.3, -0.25) is 14.4 Å². The molecule has 1 atom stereocenters. The van der Waals surface area contributed by atoms with Crippen molar-refractivity contribution < 1.29 is 14.4 Å². The van der Waals surface area contributed by atoms with Crippen molar-refractivity contribution in [2.45, 2.75) is 30.3 Å². The zero-order valence-electron chi connectivity index (χ0n) is 21.3. The van der Waals surface area contributed by atoms with Gasteiger partial charge in [0, 0.05) is 34.5 Å². The molecule has 0 aliphatic heterocycles. The Morgan fingerprint density at radius 1 is 0.821 bits per heavy atom. The van der Waals surface area contributed by atoms with Crippen molar-refractivity contribution in [3.63, 3.8) is 0 Å². The maximum Gasteiger partial charge on any atom is 0.237 e. The summed E-state index contributed by atoms with van der Waals surface area (Å²) in [5.41, 5.74) is 5.08. The number of ketones is 2. The number of hydrogen-bond acceptors (Lipinski definition) is 5. The fourth-order valence-corrected chi connectivity index (χ4v) is 5.83. The standard InChI is InChI=1S/C32H25N3O3S/c1-20(39-32-34-27-13-7-8-14-28(27)35(32)18-17-21-9-3-2-4-10-21)31(38)33-22-15-16-25-26(19-22)30(37)24-12-6-5-11-23(24)29(25)36/h2-16,19-20H,17-18H2,1H3,(H,33,38). The van der Waals surface area contributed by atoms with E-state index in [4.69, 9.17) is 4.98 Å². The van der Waals surface area contributed by atoms with Gasteiger partial charge in [0.25, 0.3) is 0 Å². The van der Waals surface area contributed by atoms with Crippen molar-refractivity contribution in [3.05, 3.63) is 125 Å². The van der Waals surface area contributed by atoms with E-state index in [1.54, 1.807) is 42.5 Å². The predicted octanol–water partition coefficient (Wildman–Crippen LogP) is 6.17. The summed E-state index contributed by atoms with van der Waals surface area (Å²) >= 11 is 1.40. The summed E-state index contributed by atoms with van der Waals surface area (Å²) in [5.74, 6) is -0.612. The minimum atomic E-state index is -0.452. The molecule has 192 valence electrons. The summed E-state index contributed by atoms with van der Waals surface area (Å²) in [5, 5.41) is 3.25. The van der Waals surface area contributed by atoms with E-state index in [1.807, 2.05) is 49.4 Å². The molecular weight excluding hydrogens is 506 g/mol. The second kappa shape index (κ2) is 10.3. The Hall–Kier alpha value is -4.49. The van der Waals surface area contributed by atoms with E-state index >= 15 is 0 Å². The number of carbonyl (C=O) groups excluding carboxylic acids is 3. The average molecular weight is 532 g/mol. The van der Waals surface area contributed by atoms with E-state index in [1.165, 1.54) is 17.3 Å². The molecule has 0 saturated heterocycles. The Morgan fingerprint density at radius 3 is 2.23 bits per heavy atom. The van der Waals surface area contributed by atoms with Gasteiger partial charge in [0.1, 0.15) is 0 Å². The first kappa shape index (κ1) is 24.8. The molecule has 1 aromatic heterocycles. The largest absolute Gasteiger partial charge is 0.325 e. The van der Waals surface area contributed by atoms with Crippen LogP contribution in [0.2, 0.25) is 0 Å². The summed E-state index contributed by atoms with van der Waals surface area (Å²) < 4.78 is 2.16. The third-order valence-corrected chi connectivity index (χ3v) is 8.02. The molecule has 1 heterocycles. The Kier molecular flexibility index (Phi) is 6.59. The number of aryl methyl sites for hydroxylation is 2. The second-order valence-corrected chi connectivity index (χ2v) is 10.8. The number of thioether (sulfide) groups is 1.